The van der Waals surface area contributed by atoms with E-state index >= 15 is 0 Å². The minimum absolute atomic E-state index is 0.0846. The molecule has 10 heteroatoms. The Bertz CT molecular complexity index is 1350. The van der Waals surface area contributed by atoms with E-state index < -0.39 is 11.9 Å². The fourth-order valence-corrected chi connectivity index (χ4v) is 3.79. The van der Waals surface area contributed by atoms with Gasteiger partial charge in [0.25, 0.3) is 5.91 Å². The van der Waals surface area contributed by atoms with Crippen LogP contribution in [0.25, 0.3) is 11.0 Å². The number of fused-ring (bicyclic) bond motifs is 2. The van der Waals surface area contributed by atoms with Gasteiger partial charge in [-0.15, -0.1) is 5.10 Å². The second kappa shape index (κ2) is 9.34. The lowest BCUT2D eigenvalue weighted by Crippen LogP contribution is -2.38. The van der Waals surface area contributed by atoms with E-state index in [1.54, 1.807) is 31.6 Å². The van der Waals surface area contributed by atoms with Crippen molar-refractivity contribution in [2.24, 2.45) is 12.0 Å². The Labute approximate surface area is 196 Å². The van der Waals surface area contributed by atoms with Crippen LogP contribution in [0.5, 0.6) is 5.88 Å². The molecule has 3 heterocycles. The van der Waals surface area contributed by atoms with Gasteiger partial charge in [0, 0.05) is 18.4 Å². The van der Waals surface area contributed by atoms with E-state index in [0.717, 1.165) is 16.6 Å². The fraction of sp³-hybridized carbons (Fsp3) is 0.292. The van der Waals surface area contributed by atoms with Gasteiger partial charge in [-0.25, -0.2) is 19.5 Å². The van der Waals surface area contributed by atoms with E-state index in [0.29, 0.717) is 28.6 Å². The molecule has 0 aliphatic carbocycles. The molecule has 1 aliphatic heterocycles. The number of carbonyl (C=O) groups is 2. The minimum atomic E-state index is -0.590. The van der Waals surface area contributed by atoms with Gasteiger partial charge in [0.15, 0.2) is 12.3 Å². The predicted octanol–water partition coefficient (Wildman–Crippen LogP) is 3.07. The van der Waals surface area contributed by atoms with E-state index in [2.05, 4.69) is 25.7 Å². The molecular weight excluding hydrogens is 436 g/mol. The summed E-state index contributed by atoms with van der Waals surface area (Å²) < 4.78 is 12.6. The summed E-state index contributed by atoms with van der Waals surface area (Å²) in [5.41, 5.74) is 4.43. The molecule has 0 unspecified atom stereocenters. The third kappa shape index (κ3) is 4.47. The summed E-state index contributed by atoms with van der Waals surface area (Å²) in [5, 5.41) is 11.0. The lowest BCUT2D eigenvalue weighted by atomic mass is 10.2. The van der Waals surface area contributed by atoms with E-state index in [1.165, 1.54) is 0 Å². The van der Waals surface area contributed by atoms with Gasteiger partial charge in [-0.3, -0.25) is 4.79 Å². The molecule has 176 valence electrons. The SMILES string of the molecule is CCOC(=O)C1=C(C)Nc2ccccc2N=C1NC(=O)COc1nn(C)c2nc(C)cc(C)c12. The van der Waals surface area contributed by atoms with Crippen molar-refractivity contribution in [2.75, 3.05) is 18.5 Å². The highest BCUT2D eigenvalue weighted by atomic mass is 16.5. The van der Waals surface area contributed by atoms with Crippen molar-refractivity contribution in [1.29, 1.82) is 0 Å². The number of hydrogen-bond acceptors (Lipinski definition) is 8. The zero-order chi connectivity index (χ0) is 24.4. The van der Waals surface area contributed by atoms with E-state index in [4.69, 9.17) is 9.47 Å². The smallest absolute Gasteiger partial charge is 0.343 e. The van der Waals surface area contributed by atoms with E-state index in [1.807, 2.05) is 38.1 Å². The van der Waals surface area contributed by atoms with Gasteiger partial charge in [-0.1, -0.05) is 12.1 Å². The average Bonchev–Trinajstić information content (AvgIpc) is 3.01. The zero-order valence-corrected chi connectivity index (χ0v) is 19.7. The maximum absolute atomic E-state index is 12.9. The zero-order valence-electron chi connectivity index (χ0n) is 19.7. The van der Waals surface area contributed by atoms with Crippen molar-refractivity contribution in [3.8, 4) is 5.88 Å². The number of nitrogens with zero attached hydrogens (tertiary/aromatic N) is 4. The maximum atomic E-state index is 12.9. The van der Waals surface area contributed by atoms with Crippen molar-refractivity contribution in [1.82, 2.24) is 20.1 Å². The molecule has 0 saturated carbocycles. The molecule has 0 spiro atoms. The first-order valence-corrected chi connectivity index (χ1v) is 10.8. The van der Waals surface area contributed by atoms with Crippen LogP contribution in [0.1, 0.15) is 25.1 Å². The molecule has 0 fully saturated rings. The number of pyridine rings is 1. The van der Waals surface area contributed by atoms with Crippen molar-refractivity contribution in [3.05, 3.63) is 52.9 Å². The number of benzene rings is 1. The normalized spacial score (nSPS) is 13.0. The van der Waals surface area contributed by atoms with Crippen molar-refractivity contribution in [2.45, 2.75) is 27.7 Å². The first-order chi connectivity index (χ1) is 16.3. The molecule has 10 nitrogen and oxygen atoms in total. The molecular formula is C24H26N6O4. The molecule has 3 aromatic rings. The largest absolute Gasteiger partial charge is 0.466 e. The summed E-state index contributed by atoms with van der Waals surface area (Å²) >= 11 is 0. The summed E-state index contributed by atoms with van der Waals surface area (Å²) in [4.78, 5) is 34.6. The number of rotatable bonds is 5. The Kier molecular flexibility index (Phi) is 6.31. The molecule has 1 amide bonds. The van der Waals surface area contributed by atoms with Crippen LogP contribution >= 0.6 is 0 Å². The third-order valence-electron chi connectivity index (χ3n) is 5.23. The third-order valence-corrected chi connectivity index (χ3v) is 5.23. The van der Waals surface area contributed by atoms with Crippen LogP contribution < -0.4 is 15.4 Å². The summed E-state index contributed by atoms with van der Waals surface area (Å²) in [7, 11) is 1.77. The summed E-state index contributed by atoms with van der Waals surface area (Å²) in [6.45, 7) is 7.14. The number of aliphatic imine (C=N–C) groups is 1. The topological polar surface area (TPSA) is 120 Å². The molecule has 0 saturated heterocycles. The molecule has 2 aromatic heterocycles. The number of anilines is 1. The van der Waals surface area contributed by atoms with Crippen LogP contribution in [0.15, 0.2) is 46.6 Å². The molecule has 1 aromatic carbocycles. The first-order valence-electron chi connectivity index (χ1n) is 10.8. The fourth-order valence-electron chi connectivity index (χ4n) is 3.79. The quantitative estimate of drug-likeness (QED) is 0.559. The number of allylic oxidation sites excluding steroid dienone is 1. The van der Waals surface area contributed by atoms with Crippen LogP contribution in [0.2, 0.25) is 0 Å². The van der Waals surface area contributed by atoms with Crippen molar-refractivity contribution >= 4 is 40.1 Å². The van der Waals surface area contributed by atoms with Gasteiger partial charge in [0.2, 0.25) is 5.88 Å². The predicted molar refractivity (Wildman–Crippen MR) is 128 cm³/mol. The molecule has 1 aliphatic rings. The number of para-hydroxylation sites is 2. The standard InChI is InChI=1S/C24H26N6O4/c1-6-33-24(32)20-15(4)26-16-9-7-8-10-17(16)27-21(20)28-18(31)12-34-23-19-13(2)11-14(3)25-22(19)30(5)29-23/h7-11,26H,6,12H2,1-5H3,(H,27,28,31). The van der Waals surface area contributed by atoms with Gasteiger partial charge in [0.1, 0.15) is 11.4 Å². The molecule has 4 rings (SSSR count). The van der Waals surface area contributed by atoms with Crippen LogP contribution in [-0.2, 0) is 21.4 Å². The Balaban J connectivity index is 1.60. The highest BCUT2D eigenvalue weighted by Crippen LogP contribution is 2.30. The van der Waals surface area contributed by atoms with Gasteiger partial charge < -0.3 is 20.1 Å². The molecule has 0 atom stereocenters. The second-order valence-electron chi connectivity index (χ2n) is 7.87. The number of esters is 1. The number of carbonyl (C=O) groups excluding carboxylic acids is 2. The number of nitrogens with one attached hydrogen (secondary N) is 2. The minimum Gasteiger partial charge on any atom is -0.466 e. The van der Waals surface area contributed by atoms with Crippen LogP contribution in [0, 0.1) is 13.8 Å². The second-order valence-corrected chi connectivity index (χ2v) is 7.87. The number of ether oxygens (including phenoxy) is 2. The van der Waals surface area contributed by atoms with Gasteiger partial charge in [-0.05, 0) is 51.5 Å². The van der Waals surface area contributed by atoms with Crippen LogP contribution in [-0.4, -0.2) is 45.7 Å². The number of hydrogen-bond donors (Lipinski definition) is 2. The molecule has 34 heavy (non-hydrogen) atoms. The number of aryl methyl sites for hydroxylation is 3. The van der Waals surface area contributed by atoms with Crippen molar-refractivity contribution in [3.63, 3.8) is 0 Å². The summed E-state index contributed by atoms with van der Waals surface area (Å²) in [6, 6.07) is 9.22. The van der Waals surface area contributed by atoms with Crippen LogP contribution in [0.4, 0.5) is 11.4 Å². The molecule has 0 bridgehead atoms. The first kappa shape index (κ1) is 23.0. The highest BCUT2D eigenvalue weighted by molar-refractivity contribution is 6.24. The lowest BCUT2D eigenvalue weighted by molar-refractivity contribution is -0.137. The van der Waals surface area contributed by atoms with E-state index in [9.17, 15) is 9.59 Å². The van der Waals surface area contributed by atoms with Crippen LogP contribution in [0.3, 0.4) is 0 Å². The summed E-state index contributed by atoms with van der Waals surface area (Å²) in [6.07, 6.45) is 0. The Hall–Kier alpha value is -4.21. The average molecular weight is 463 g/mol. The van der Waals surface area contributed by atoms with E-state index in [-0.39, 0.29) is 24.6 Å². The molecule has 0 radical (unpaired) electrons. The Morgan fingerprint density at radius 2 is 1.94 bits per heavy atom. The number of amidine groups is 1. The molecule has 2 N–H and O–H groups in total. The summed E-state index contributed by atoms with van der Waals surface area (Å²) in [5.74, 6) is -0.691. The Morgan fingerprint density at radius 3 is 2.71 bits per heavy atom. The van der Waals surface area contributed by atoms with Gasteiger partial charge in [0.05, 0.1) is 23.4 Å². The Morgan fingerprint density at radius 1 is 1.18 bits per heavy atom. The highest BCUT2D eigenvalue weighted by Gasteiger charge is 2.26. The van der Waals surface area contributed by atoms with Gasteiger partial charge in [-0.2, -0.15) is 0 Å². The number of aromatic nitrogens is 3. The number of amides is 1. The van der Waals surface area contributed by atoms with Gasteiger partial charge >= 0.3 is 5.97 Å². The maximum Gasteiger partial charge on any atom is 0.343 e. The lowest BCUT2D eigenvalue weighted by Gasteiger charge is -2.13. The monoisotopic (exact) mass is 462 g/mol. The van der Waals surface area contributed by atoms with Crippen molar-refractivity contribution < 1.29 is 19.1 Å².